The third-order valence-electron chi connectivity index (χ3n) is 3.04. The summed E-state index contributed by atoms with van der Waals surface area (Å²) in [6.45, 7) is 1.79. The zero-order valence-electron chi connectivity index (χ0n) is 10.9. The lowest BCUT2D eigenvalue weighted by molar-refractivity contribution is 0.614. The summed E-state index contributed by atoms with van der Waals surface area (Å²) in [7, 11) is -1.38. The molecule has 3 nitrogen and oxygen atoms in total. The van der Waals surface area contributed by atoms with E-state index in [-0.39, 0.29) is 11.3 Å². The zero-order chi connectivity index (χ0) is 14.7. The molecule has 0 radical (unpaired) electrons. The highest BCUT2D eigenvalue weighted by Crippen LogP contribution is 2.22. The fourth-order valence-electron chi connectivity index (χ4n) is 1.83. The van der Waals surface area contributed by atoms with Gasteiger partial charge in [-0.1, -0.05) is 12.1 Å². The Bertz CT molecular complexity index is 722. The molecule has 0 heterocycles. The Labute approximate surface area is 119 Å². The summed E-state index contributed by atoms with van der Waals surface area (Å²) in [4.78, 5) is 0.605. The molecule has 0 aliphatic rings. The average Bonchev–Trinajstić information content (AvgIpc) is 2.44. The Morgan fingerprint density at radius 3 is 2.75 bits per heavy atom. The quantitative estimate of drug-likeness (QED) is 0.883. The summed E-state index contributed by atoms with van der Waals surface area (Å²) < 4.78 is 26.1. The van der Waals surface area contributed by atoms with Crippen molar-refractivity contribution in [1.29, 1.82) is 5.26 Å². The van der Waals surface area contributed by atoms with Crippen molar-refractivity contribution < 1.29 is 8.60 Å². The lowest BCUT2D eigenvalue weighted by Crippen LogP contribution is -2.03. The molecular weight excluding hydrogens is 275 g/mol. The minimum Gasteiger partial charge on any atom is -0.398 e. The smallest absolute Gasteiger partial charge is 0.128 e. The normalized spacial score (nSPS) is 11.8. The fraction of sp³-hybridized carbons (Fsp3) is 0.133. The molecule has 0 amide bonds. The Morgan fingerprint density at radius 2 is 2.10 bits per heavy atom. The second kappa shape index (κ2) is 5.85. The van der Waals surface area contributed by atoms with Crippen molar-refractivity contribution in [2.45, 2.75) is 17.6 Å². The molecule has 0 aliphatic carbocycles. The van der Waals surface area contributed by atoms with Gasteiger partial charge in [0.2, 0.25) is 0 Å². The van der Waals surface area contributed by atoms with Crippen LogP contribution in [0.15, 0.2) is 41.3 Å². The topological polar surface area (TPSA) is 66.9 Å². The van der Waals surface area contributed by atoms with Crippen molar-refractivity contribution in [3.05, 3.63) is 58.9 Å². The monoisotopic (exact) mass is 288 g/mol. The van der Waals surface area contributed by atoms with Crippen LogP contribution < -0.4 is 5.73 Å². The van der Waals surface area contributed by atoms with E-state index in [2.05, 4.69) is 0 Å². The zero-order valence-corrected chi connectivity index (χ0v) is 11.7. The highest BCUT2D eigenvalue weighted by atomic mass is 32.2. The molecule has 0 bridgehead atoms. The first-order valence-electron chi connectivity index (χ1n) is 5.95. The molecule has 2 rings (SSSR count). The van der Waals surface area contributed by atoms with Gasteiger partial charge in [-0.15, -0.1) is 0 Å². The molecule has 0 saturated heterocycles. The number of nitriles is 1. The van der Waals surface area contributed by atoms with Gasteiger partial charge in [0.1, 0.15) is 5.82 Å². The number of hydrogen-bond acceptors (Lipinski definition) is 3. The van der Waals surface area contributed by atoms with Crippen LogP contribution in [0.4, 0.5) is 10.1 Å². The van der Waals surface area contributed by atoms with E-state index in [1.165, 1.54) is 12.1 Å². The van der Waals surface area contributed by atoms with Crippen molar-refractivity contribution in [3.63, 3.8) is 0 Å². The summed E-state index contributed by atoms with van der Waals surface area (Å²) in [5, 5.41) is 8.69. The van der Waals surface area contributed by atoms with Crippen molar-refractivity contribution in [1.82, 2.24) is 0 Å². The number of benzene rings is 2. The molecule has 0 spiro atoms. The van der Waals surface area contributed by atoms with Gasteiger partial charge < -0.3 is 5.73 Å². The molecule has 5 heteroatoms. The largest absolute Gasteiger partial charge is 0.398 e. The van der Waals surface area contributed by atoms with Crippen molar-refractivity contribution in [2.24, 2.45) is 0 Å². The maximum Gasteiger partial charge on any atom is 0.128 e. The van der Waals surface area contributed by atoms with Gasteiger partial charge in [-0.2, -0.15) is 5.26 Å². The molecule has 2 aromatic rings. The first-order valence-corrected chi connectivity index (χ1v) is 7.27. The van der Waals surface area contributed by atoms with Crippen LogP contribution in [0, 0.1) is 24.1 Å². The highest BCUT2D eigenvalue weighted by Gasteiger charge is 2.12. The van der Waals surface area contributed by atoms with Crippen LogP contribution in [0.1, 0.15) is 16.7 Å². The molecule has 20 heavy (non-hydrogen) atoms. The van der Waals surface area contributed by atoms with Crippen LogP contribution in [-0.2, 0) is 16.6 Å². The van der Waals surface area contributed by atoms with E-state index in [0.717, 1.165) is 11.6 Å². The van der Waals surface area contributed by atoms with Crippen LogP contribution in [0.3, 0.4) is 0 Å². The number of anilines is 1. The standard InChI is InChI=1S/C15H13FN2OS/c1-10-14(18)3-2-4-15(10)20(19)9-12-6-5-11(8-17)7-13(12)16/h2-7H,9,18H2,1H3. The van der Waals surface area contributed by atoms with Crippen LogP contribution in [0.25, 0.3) is 0 Å². The minimum absolute atomic E-state index is 0.0574. The number of hydrogen-bond donors (Lipinski definition) is 1. The highest BCUT2D eigenvalue weighted by molar-refractivity contribution is 7.84. The lowest BCUT2D eigenvalue weighted by atomic mass is 10.1. The predicted octanol–water partition coefficient (Wildman–Crippen LogP) is 2.90. The molecule has 0 aliphatic heterocycles. The molecule has 102 valence electrons. The van der Waals surface area contributed by atoms with Crippen LogP contribution in [0.5, 0.6) is 0 Å². The van der Waals surface area contributed by atoms with Crippen LogP contribution in [0.2, 0.25) is 0 Å². The number of nitrogens with two attached hydrogens (primary N) is 1. The second-order valence-electron chi connectivity index (χ2n) is 4.38. The Morgan fingerprint density at radius 1 is 1.35 bits per heavy atom. The molecule has 2 aromatic carbocycles. The third kappa shape index (κ3) is 2.86. The lowest BCUT2D eigenvalue weighted by Gasteiger charge is -2.09. The van der Waals surface area contributed by atoms with Crippen LogP contribution >= 0.6 is 0 Å². The van der Waals surface area contributed by atoms with E-state index in [4.69, 9.17) is 11.0 Å². The average molecular weight is 288 g/mol. The molecule has 0 saturated carbocycles. The molecular formula is C15H13FN2OS. The van der Waals surface area contributed by atoms with E-state index in [9.17, 15) is 8.60 Å². The van der Waals surface area contributed by atoms with Gasteiger partial charge in [0.05, 0.1) is 28.2 Å². The van der Waals surface area contributed by atoms with Gasteiger partial charge in [0.25, 0.3) is 0 Å². The van der Waals surface area contributed by atoms with E-state index < -0.39 is 16.6 Å². The van der Waals surface area contributed by atoms with Crippen LogP contribution in [-0.4, -0.2) is 4.21 Å². The van der Waals surface area contributed by atoms with Crippen molar-refractivity contribution in [2.75, 3.05) is 5.73 Å². The number of rotatable bonds is 3. The van der Waals surface area contributed by atoms with Gasteiger partial charge in [0, 0.05) is 16.1 Å². The van der Waals surface area contributed by atoms with Gasteiger partial charge in [-0.05, 0) is 36.8 Å². The maximum atomic E-state index is 13.8. The summed E-state index contributed by atoms with van der Waals surface area (Å²) >= 11 is 0. The summed E-state index contributed by atoms with van der Waals surface area (Å²) in [5.41, 5.74) is 7.66. The van der Waals surface area contributed by atoms with E-state index in [1.54, 1.807) is 25.1 Å². The molecule has 1 atom stereocenters. The Balaban J connectivity index is 2.29. The first kappa shape index (κ1) is 14.2. The second-order valence-corrected chi connectivity index (χ2v) is 5.80. The van der Waals surface area contributed by atoms with Crippen molar-refractivity contribution in [3.8, 4) is 6.07 Å². The van der Waals surface area contributed by atoms with Gasteiger partial charge in [-0.3, -0.25) is 4.21 Å². The summed E-state index contributed by atoms with van der Waals surface area (Å²) in [5.74, 6) is -0.457. The first-order chi connectivity index (χ1) is 9.52. The van der Waals surface area contributed by atoms with Gasteiger partial charge >= 0.3 is 0 Å². The fourth-order valence-corrected chi connectivity index (χ4v) is 3.19. The maximum absolute atomic E-state index is 13.8. The molecule has 2 N–H and O–H groups in total. The Hall–Kier alpha value is -2.19. The summed E-state index contributed by atoms with van der Waals surface area (Å²) in [6.07, 6.45) is 0. The molecule has 0 fully saturated rings. The summed E-state index contributed by atoms with van der Waals surface area (Å²) in [6, 6.07) is 11.2. The minimum atomic E-state index is -1.38. The third-order valence-corrected chi connectivity index (χ3v) is 4.55. The van der Waals surface area contributed by atoms with E-state index >= 15 is 0 Å². The van der Waals surface area contributed by atoms with Gasteiger partial charge in [0.15, 0.2) is 0 Å². The number of halogens is 1. The molecule has 0 aromatic heterocycles. The predicted molar refractivity (Wildman–Crippen MR) is 76.8 cm³/mol. The van der Waals surface area contributed by atoms with E-state index in [1.807, 2.05) is 6.07 Å². The number of nitrogens with zero attached hydrogens (tertiary/aromatic N) is 1. The molecule has 1 unspecified atom stereocenters. The van der Waals surface area contributed by atoms with Gasteiger partial charge in [-0.25, -0.2) is 4.39 Å². The Kier molecular flexibility index (Phi) is 4.16. The SMILES string of the molecule is Cc1c(N)cccc1S(=O)Cc1ccc(C#N)cc1F. The van der Waals surface area contributed by atoms with E-state index in [0.29, 0.717) is 16.1 Å². The number of nitrogen functional groups attached to an aromatic ring is 1. The van der Waals surface area contributed by atoms with Crippen molar-refractivity contribution >= 4 is 16.5 Å².